The SMILES string of the molecule is CCNC(=O)N1CCOCC1C(N)=O. The van der Waals surface area contributed by atoms with Crippen LogP contribution in [0.5, 0.6) is 0 Å². The standard InChI is InChI=1S/C8H15N3O3/c1-2-10-8(13)11-3-4-14-5-6(11)7(9)12/h6H,2-5H2,1H3,(H2,9,12)(H,10,13). The van der Waals surface area contributed by atoms with Crippen molar-refractivity contribution in [3.05, 3.63) is 0 Å². The third-order valence-electron chi connectivity index (χ3n) is 2.05. The number of urea groups is 1. The average Bonchev–Trinajstić information content (AvgIpc) is 2.18. The molecule has 3 amide bonds. The lowest BCUT2D eigenvalue weighted by molar-refractivity contribution is -0.127. The zero-order chi connectivity index (χ0) is 10.6. The number of nitrogens with zero attached hydrogens (tertiary/aromatic N) is 1. The number of amides is 3. The van der Waals surface area contributed by atoms with Gasteiger partial charge in [0.1, 0.15) is 6.04 Å². The van der Waals surface area contributed by atoms with E-state index in [0.717, 1.165) is 0 Å². The second-order valence-electron chi connectivity index (χ2n) is 3.02. The summed E-state index contributed by atoms with van der Waals surface area (Å²) in [6.07, 6.45) is 0. The van der Waals surface area contributed by atoms with Gasteiger partial charge in [-0.3, -0.25) is 4.79 Å². The molecule has 0 bridgehead atoms. The second kappa shape index (κ2) is 4.80. The molecule has 1 unspecified atom stereocenters. The van der Waals surface area contributed by atoms with Crippen LogP contribution in [0.4, 0.5) is 4.79 Å². The van der Waals surface area contributed by atoms with E-state index in [1.54, 1.807) is 0 Å². The quantitative estimate of drug-likeness (QED) is 0.595. The summed E-state index contributed by atoms with van der Waals surface area (Å²) in [5.41, 5.74) is 5.15. The summed E-state index contributed by atoms with van der Waals surface area (Å²) >= 11 is 0. The number of hydrogen-bond acceptors (Lipinski definition) is 3. The molecule has 1 saturated heterocycles. The van der Waals surface area contributed by atoms with Crippen molar-refractivity contribution in [2.45, 2.75) is 13.0 Å². The Morgan fingerprint density at radius 3 is 2.93 bits per heavy atom. The number of rotatable bonds is 2. The lowest BCUT2D eigenvalue weighted by Gasteiger charge is -2.33. The third-order valence-corrected chi connectivity index (χ3v) is 2.05. The maximum atomic E-state index is 11.5. The highest BCUT2D eigenvalue weighted by Crippen LogP contribution is 2.06. The van der Waals surface area contributed by atoms with Crippen molar-refractivity contribution in [1.29, 1.82) is 0 Å². The predicted octanol–water partition coefficient (Wildman–Crippen LogP) is -1.10. The lowest BCUT2D eigenvalue weighted by atomic mass is 10.2. The van der Waals surface area contributed by atoms with E-state index >= 15 is 0 Å². The zero-order valence-corrected chi connectivity index (χ0v) is 8.16. The van der Waals surface area contributed by atoms with Crippen LogP contribution in [0.15, 0.2) is 0 Å². The van der Waals surface area contributed by atoms with Crippen molar-refractivity contribution in [3.63, 3.8) is 0 Å². The Morgan fingerprint density at radius 2 is 2.36 bits per heavy atom. The molecule has 0 spiro atoms. The van der Waals surface area contributed by atoms with Crippen LogP contribution in [0.3, 0.4) is 0 Å². The van der Waals surface area contributed by atoms with E-state index in [1.807, 2.05) is 6.92 Å². The van der Waals surface area contributed by atoms with E-state index in [9.17, 15) is 9.59 Å². The van der Waals surface area contributed by atoms with Crippen molar-refractivity contribution in [2.75, 3.05) is 26.3 Å². The number of nitrogens with one attached hydrogen (secondary N) is 1. The molecule has 1 atom stereocenters. The first-order chi connectivity index (χ1) is 6.66. The molecule has 3 N–H and O–H groups in total. The monoisotopic (exact) mass is 201 g/mol. The van der Waals surface area contributed by atoms with Gasteiger partial charge in [-0.15, -0.1) is 0 Å². The van der Waals surface area contributed by atoms with Gasteiger partial charge in [0.2, 0.25) is 5.91 Å². The summed E-state index contributed by atoms with van der Waals surface area (Å²) in [6, 6.07) is -0.907. The fraction of sp³-hybridized carbons (Fsp3) is 0.750. The van der Waals surface area contributed by atoms with Crippen molar-refractivity contribution >= 4 is 11.9 Å². The second-order valence-corrected chi connectivity index (χ2v) is 3.02. The summed E-state index contributed by atoms with van der Waals surface area (Å²) in [5, 5.41) is 2.62. The van der Waals surface area contributed by atoms with Crippen LogP contribution in [0.1, 0.15) is 6.92 Å². The molecule has 6 nitrogen and oxygen atoms in total. The van der Waals surface area contributed by atoms with Gasteiger partial charge < -0.3 is 20.7 Å². The molecule has 1 aliphatic heterocycles. The summed E-state index contributed by atoms with van der Waals surface area (Å²) in [4.78, 5) is 23.9. The first-order valence-electron chi connectivity index (χ1n) is 4.58. The van der Waals surface area contributed by atoms with E-state index in [-0.39, 0.29) is 12.6 Å². The molecule has 0 aromatic heterocycles. The van der Waals surface area contributed by atoms with Crippen molar-refractivity contribution in [3.8, 4) is 0 Å². The number of primary amides is 1. The minimum absolute atomic E-state index is 0.187. The smallest absolute Gasteiger partial charge is 0.318 e. The normalized spacial score (nSPS) is 21.8. The fourth-order valence-corrected chi connectivity index (χ4v) is 1.34. The Morgan fingerprint density at radius 1 is 1.64 bits per heavy atom. The van der Waals surface area contributed by atoms with E-state index < -0.39 is 11.9 Å². The Hall–Kier alpha value is -1.30. The molecule has 0 radical (unpaired) electrons. The van der Waals surface area contributed by atoms with Crippen LogP contribution >= 0.6 is 0 Å². The molecule has 14 heavy (non-hydrogen) atoms. The fourth-order valence-electron chi connectivity index (χ4n) is 1.34. The Bertz CT molecular complexity index is 232. The number of nitrogens with two attached hydrogens (primary N) is 1. The first-order valence-corrected chi connectivity index (χ1v) is 4.58. The molecule has 0 aromatic rings. The van der Waals surface area contributed by atoms with Crippen LogP contribution in [0.2, 0.25) is 0 Å². The summed E-state index contributed by atoms with van der Waals surface area (Å²) in [5.74, 6) is -0.532. The van der Waals surface area contributed by atoms with Crippen molar-refractivity contribution in [2.24, 2.45) is 5.73 Å². The molecule has 1 rings (SSSR count). The predicted molar refractivity (Wildman–Crippen MR) is 49.6 cm³/mol. The maximum Gasteiger partial charge on any atom is 0.318 e. The van der Waals surface area contributed by atoms with Crippen LogP contribution in [0.25, 0.3) is 0 Å². The first kappa shape index (κ1) is 10.8. The zero-order valence-electron chi connectivity index (χ0n) is 8.16. The lowest BCUT2D eigenvalue weighted by Crippen LogP contribution is -2.57. The molecule has 0 aromatic carbocycles. The molecule has 0 aliphatic carbocycles. The minimum Gasteiger partial charge on any atom is -0.377 e. The van der Waals surface area contributed by atoms with Crippen LogP contribution in [-0.4, -0.2) is 49.2 Å². The summed E-state index contributed by atoms with van der Waals surface area (Å²) in [6.45, 7) is 3.38. The molecule has 6 heteroatoms. The van der Waals surface area contributed by atoms with Gasteiger partial charge in [-0.1, -0.05) is 0 Å². The van der Waals surface area contributed by atoms with Gasteiger partial charge in [-0.25, -0.2) is 4.79 Å². The number of morpholine rings is 1. The highest BCUT2D eigenvalue weighted by atomic mass is 16.5. The highest BCUT2D eigenvalue weighted by molar-refractivity contribution is 5.86. The van der Waals surface area contributed by atoms with Crippen LogP contribution in [0, 0.1) is 0 Å². The van der Waals surface area contributed by atoms with Gasteiger partial charge in [0.05, 0.1) is 13.2 Å². The third kappa shape index (κ3) is 2.35. The van der Waals surface area contributed by atoms with Gasteiger partial charge in [0.15, 0.2) is 0 Å². The molecule has 0 saturated carbocycles. The number of hydrogen-bond donors (Lipinski definition) is 2. The van der Waals surface area contributed by atoms with Gasteiger partial charge in [-0.2, -0.15) is 0 Å². The van der Waals surface area contributed by atoms with E-state index in [0.29, 0.717) is 19.7 Å². The van der Waals surface area contributed by atoms with Gasteiger partial charge >= 0.3 is 6.03 Å². The molecule has 1 heterocycles. The minimum atomic E-state index is -0.643. The van der Waals surface area contributed by atoms with Crippen molar-refractivity contribution in [1.82, 2.24) is 10.2 Å². The summed E-state index contributed by atoms with van der Waals surface area (Å²) < 4.78 is 5.08. The van der Waals surface area contributed by atoms with E-state index in [2.05, 4.69) is 5.32 Å². The summed E-state index contributed by atoms with van der Waals surface area (Å²) in [7, 11) is 0. The van der Waals surface area contributed by atoms with Gasteiger partial charge in [0.25, 0.3) is 0 Å². The van der Waals surface area contributed by atoms with Gasteiger partial charge in [-0.05, 0) is 6.92 Å². The molecule has 1 fully saturated rings. The van der Waals surface area contributed by atoms with Crippen LogP contribution in [-0.2, 0) is 9.53 Å². The average molecular weight is 201 g/mol. The van der Waals surface area contributed by atoms with E-state index in [4.69, 9.17) is 10.5 Å². The molecule has 80 valence electrons. The number of ether oxygens (including phenoxy) is 1. The van der Waals surface area contributed by atoms with Crippen molar-refractivity contribution < 1.29 is 14.3 Å². The number of carbonyl (C=O) groups is 2. The molecular formula is C8H15N3O3. The Balaban J connectivity index is 2.62. The highest BCUT2D eigenvalue weighted by Gasteiger charge is 2.30. The van der Waals surface area contributed by atoms with E-state index in [1.165, 1.54) is 4.90 Å². The Labute approximate surface area is 82.4 Å². The molecule has 1 aliphatic rings. The topological polar surface area (TPSA) is 84.7 Å². The largest absolute Gasteiger partial charge is 0.377 e. The number of carbonyl (C=O) groups excluding carboxylic acids is 2. The maximum absolute atomic E-state index is 11.5. The van der Waals surface area contributed by atoms with Gasteiger partial charge in [0, 0.05) is 13.1 Å². The molecular weight excluding hydrogens is 186 g/mol. The Kier molecular flexibility index (Phi) is 3.70. The van der Waals surface area contributed by atoms with Crippen LogP contribution < -0.4 is 11.1 Å².